The van der Waals surface area contributed by atoms with Gasteiger partial charge in [0.25, 0.3) is 5.91 Å². The van der Waals surface area contributed by atoms with Crippen LogP contribution < -0.4 is 14.9 Å². The van der Waals surface area contributed by atoms with Crippen LogP contribution in [0.3, 0.4) is 0 Å². The molecule has 2 aromatic rings. The average molecular weight is 327 g/mol. The lowest BCUT2D eigenvalue weighted by Gasteiger charge is -2.07. The molecule has 0 bridgehead atoms. The fraction of sp³-hybridized carbons (Fsp3) is 0.118. The largest absolute Gasteiger partial charge is 0.497 e. The van der Waals surface area contributed by atoms with E-state index in [1.165, 1.54) is 32.6 Å². The third-order valence-electron chi connectivity index (χ3n) is 3.15. The molecule has 1 N–H and O–H groups in total. The van der Waals surface area contributed by atoms with Crippen molar-refractivity contribution in [1.29, 1.82) is 5.26 Å². The molecule has 0 spiro atoms. The number of hydrazone groups is 1. The Balaban J connectivity index is 2.14. The van der Waals surface area contributed by atoms with Crippen molar-refractivity contribution >= 4 is 12.1 Å². The van der Waals surface area contributed by atoms with Crippen LogP contribution in [0.4, 0.5) is 4.39 Å². The first-order chi connectivity index (χ1) is 11.6. The Kier molecular flexibility index (Phi) is 5.47. The Morgan fingerprint density at radius 3 is 2.67 bits per heavy atom. The van der Waals surface area contributed by atoms with E-state index in [0.717, 1.165) is 6.07 Å². The van der Waals surface area contributed by atoms with Gasteiger partial charge in [0.05, 0.1) is 37.6 Å². The molecule has 7 heteroatoms. The number of ether oxygens (including phenoxy) is 2. The number of carbonyl (C=O) groups excluding carboxylic acids is 1. The molecule has 2 aromatic carbocycles. The molecule has 0 heterocycles. The van der Waals surface area contributed by atoms with Gasteiger partial charge in [-0.15, -0.1) is 0 Å². The molecule has 0 saturated carbocycles. The van der Waals surface area contributed by atoms with Gasteiger partial charge in [-0.05, 0) is 36.4 Å². The zero-order valence-corrected chi connectivity index (χ0v) is 13.0. The molecule has 122 valence electrons. The van der Waals surface area contributed by atoms with Gasteiger partial charge in [-0.3, -0.25) is 4.79 Å². The first kappa shape index (κ1) is 17.0. The van der Waals surface area contributed by atoms with Crippen LogP contribution in [0.15, 0.2) is 41.5 Å². The Hall–Kier alpha value is -3.40. The summed E-state index contributed by atoms with van der Waals surface area (Å²) in [7, 11) is 3.03. The van der Waals surface area contributed by atoms with Gasteiger partial charge in [0.1, 0.15) is 17.3 Å². The summed E-state index contributed by atoms with van der Waals surface area (Å²) >= 11 is 0. The summed E-state index contributed by atoms with van der Waals surface area (Å²) in [6.45, 7) is 0. The number of hydrogen-bond donors (Lipinski definition) is 1. The fourth-order valence-corrected chi connectivity index (χ4v) is 1.93. The lowest BCUT2D eigenvalue weighted by atomic mass is 10.1. The van der Waals surface area contributed by atoms with Gasteiger partial charge < -0.3 is 9.47 Å². The number of halogens is 1. The van der Waals surface area contributed by atoms with Crippen LogP contribution in [0.2, 0.25) is 0 Å². The molecule has 0 radical (unpaired) electrons. The number of methoxy groups -OCH3 is 2. The topological polar surface area (TPSA) is 83.7 Å². The molecule has 24 heavy (non-hydrogen) atoms. The number of nitrogens with zero attached hydrogens (tertiary/aromatic N) is 2. The van der Waals surface area contributed by atoms with Crippen LogP contribution in [0.1, 0.15) is 21.5 Å². The van der Waals surface area contributed by atoms with Crippen molar-refractivity contribution < 1.29 is 18.7 Å². The first-order valence-corrected chi connectivity index (χ1v) is 6.84. The lowest BCUT2D eigenvalue weighted by Crippen LogP contribution is -2.19. The van der Waals surface area contributed by atoms with E-state index in [9.17, 15) is 9.18 Å². The predicted molar refractivity (Wildman–Crippen MR) is 85.7 cm³/mol. The summed E-state index contributed by atoms with van der Waals surface area (Å²) in [5.74, 6) is -0.379. The summed E-state index contributed by atoms with van der Waals surface area (Å²) in [6, 6.07) is 10.5. The maximum absolute atomic E-state index is 13.8. The van der Waals surface area contributed by atoms with Gasteiger partial charge >= 0.3 is 0 Å². The monoisotopic (exact) mass is 327 g/mol. The van der Waals surface area contributed by atoms with E-state index in [1.807, 2.05) is 0 Å². The van der Waals surface area contributed by atoms with Crippen molar-refractivity contribution in [2.24, 2.45) is 5.10 Å². The number of nitriles is 1. The standard InChI is InChI=1S/C17H14FN3O3/c1-23-13-4-6-16(24-2)12(8-13)10-20-21-17(22)14-5-3-11(9-19)7-15(14)18/h3-8,10H,1-2H3,(H,21,22)/b20-10-. The zero-order valence-electron chi connectivity index (χ0n) is 13.0. The normalized spacial score (nSPS) is 10.2. The SMILES string of the molecule is COc1ccc(OC)c(/C=N\NC(=O)c2ccc(C#N)cc2F)c1. The molecule has 6 nitrogen and oxygen atoms in total. The van der Waals surface area contributed by atoms with E-state index in [-0.39, 0.29) is 11.1 Å². The van der Waals surface area contributed by atoms with Crippen LogP contribution in [0.5, 0.6) is 11.5 Å². The molecule has 0 aliphatic heterocycles. The maximum Gasteiger partial charge on any atom is 0.274 e. The molecule has 0 aliphatic carbocycles. The van der Waals surface area contributed by atoms with Crippen molar-refractivity contribution in [1.82, 2.24) is 5.43 Å². The summed E-state index contributed by atoms with van der Waals surface area (Å²) in [4.78, 5) is 11.9. The van der Waals surface area contributed by atoms with Crippen LogP contribution in [-0.4, -0.2) is 26.3 Å². The third-order valence-corrected chi connectivity index (χ3v) is 3.15. The second kappa shape index (κ2) is 7.74. The minimum Gasteiger partial charge on any atom is -0.497 e. The first-order valence-electron chi connectivity index (χ1n) is 6.84. The van der Waals surface area contributed by atoms with Crippen molar-refractivity contribution in [2.45, 2.75) is 0 Å². The van der Waals surface area contributed by atoms with E-state index in [0.29, 0.717) is 17.1 Å². The number of carbonyl (C=O) groups is 1. The molecular formula is C17H14FN3O3. The van der Waals surface area contributed by atoms with Crippen LogP contribution in [-0.2, 0) is 0 Å². The molecular weight excluding hydrogens is 313 g/mol. The minimum absolute atomic E-state index is 0.133. The smallest absolute Gasteiger partial charge is 0.274 e. The quantitative estimate of drug-likeness (QED) is 0.675. The average Bonchev–Trinajstić information content (AvgIpc) is 2.61. The zero-order chi connectivity index (χ0) is 17.5. The minimum atomic E-state index is -0.791. The Bertz CT molecular complexity index is 828. The second-order valence-corrected chi connectivity index (χ2v) is 4.61. The predicted octanol–water partition coefficient (Wildman–Crippen LogP) is 2.48. The number of nitrogens with one attached hydrogen (secondary N) is 1. The van der Waals surface area contributed by atoms with E-state index in [1.54, 1.807) is 24.3 Å². The van der Waals surface area contributed by atoms with Crippen molar-refractivity contribution in [3.63, 3.8) is 0 Å². The van der Waals surface area contributed by atoms with E-state index < -0.39 is 11.7 Å². The summed E-state index contributed by atoms with van der Waals surface area (Å²) in [5, 5.41) is 12.5. The highest BCUT2D eigenvalue weighted by Crippen LogP contribution is 2.22. The van der Waals surface area contributed by atoms with Crippen molar-refractivity contribution in [3.05, 3.63) is 58.9 Å². The Morgan fingerprint density at radius 1 is 1.25 bits per heavy atom. The van der Waals surface area contributed by atoms with E-state index in [2.05, 4.69) is 10.5 Å². The number of rotatable bonds is 5. The molecule has 0 fully saturated rings. The molecule has 0 unspecified atom stereocenters. The van der Waals surface area contributed by atoms with E-state index in [4.69, 9.17) is 14.7 Å². The Labute approximate surface area is 138 Å². The highest BCUT2D eigenvalue weighted by molar-refractivity contribution is 5.95. The van der Waals surface area contributed by atoms with Gasteiger partial charge in [0.15, 0.2) is 0 Å². The van der Waals surface area contributed by atoms with Gasteiger partial charge in [-0.2, -0.15) is 10.4 Å². The lowest BCUT2D eigenvalue weighted by molar-refractivity contribution is 0.0951. The van der Waals surface area contributed by atoms with Crippen LogP contribution in [0.25, 0.3) is 0 Å². The van der Waals surface area contributed by atoms with Gasteiger partial charge in [-0.1, -0.05) is 0 Å². The molecule has 0 aromatic heterocycles. The number of amides is 1. The van der Waals surface area contributed by atoms with Gasteiger partial charge in [-0.25, -0.2) is 9.82 Å². The molecule has 2 rings (SSSR count). The van der Waals surface area contributed by atoms with E-state index >= 15 is 0 Å². The maximum atomic E-state index is 13.8. The third kappa shape index (κ3) is 3.87. The molecule has 0 atom stereocenters. The number of benzene rings is 2. The van der Waals surface area contributed by atoms with Crippen molar-refractivity contribution in [2.75, 3.05) is 14.2 Å². The van der Waals surface area contributed by atoms with Crippen LogP contribution in [0, 0.1) is 17.1 Å². The van der Waals surface area contributed by atoms with Gasteiger partial charge in [0, 0.05) is 5.56 Å². The van der Waals surface area contributed by atoms with Gasteiger partial charge in [0.2, 0.25) is 0 Å². The second-order valence-electron chi connectivity index (χ2n) is 4.61. The summed E-state index contributed by atoms with van der Waals surface area (Å²) in [6.07, 6.45) is 1.36. The van der Waals surface area contributed by atoms with Crippen molar-refractivity contribution in [3.8, 4) is 17.6 Å². The molecule has 1 amide bonds. The Morgan fingerprint density at radius 2 is 2.04 bits per heavy atom. The fourth-order valence-electron chi connectivity index (χ4n) is 1.93. The highest BCUT2D eigenvalue weighted by atomic mass is 19.1. The number of hydrogen-bond acceptors (Lipinski definition) is 5. The van der Waals surface area contributed by atoms with Crippen LogP contribution >= 0.6 is 0 Å². The highest BCUT2D eigenvalue weighted by Gasteiger charge is 2.11. The molecule has 0 aliphatic rings. The molecule has 0 saturated heterocycles. The summed E-state index contributed by atoms with van der Waals surface area (Å²) < 4.78 is 24.0. The summed E-state index contributed by atoms with van der Waals surface area (Å²) in [5.41, 5.74) is 2.73.